The number of nitrogens with zero attached hydrogens (tertiary/aromatic N) is 5. The number of pyridine rings is 2. The van der Waals surface area contributed by atoms with E-state index in [0.29, 0.717) is 28.7 Å². The van der Waals surface area contributed by atoms with Crippen molar-refractivity contribution in [3.05, 3.63) is 59.2 Å². The first kappa shape index (κ1) is 19.1. The van der Waals surface area contributed by atoms with Crippen LogP contribution in [0.4, 0.5) is 15.9 Å². The normalized spacial score (nSPS) is 14.8. The lowest BCUT2D eigenvalue weighted by molar-refractivity contribution is 0.312. The highest BCUT2D eigenvalue weighted by Crippen LogP contribution is 2.29. The molecule has 1 fully saturated rings. The number of hydrogen-bond acceptors (Lipinski definition) is 6. The summed E-state index contributed by atoms with van der Waals surface area (Å²) in [6.07, 6.45) is 3.38. The number of aryl methyl sites for hydroxylation is 1. The minimum absolute atomic E-state index is 0.340. The molecule has 0 radical (unpaired) electrons. The monoisotopic (exact) mass is 390 g/mol. The van der Waals surface area contributed by atoms with Crippen LogP contribution in [-0.4, -0.2) is 48.1 Å². The standard InChI is InChI=1S/C22H23FN6/c1-15-9-18(23)10-19-21(15)27-14-17(11-24)22(19)26-13-16-3-4-20(25-12-16)29-7-5-28(2)6-8-29/h3-4,9-10,12,14H,5-8,13H2,1-2H3,(H,26,27). The molecule has 3 aromatic rings. The fourth-order valence-corrected chi connectivity index (χ4v) is 3.65. The van der Waals surface area contributed by atoms with Crippen LogP contribution < -0.4 is 10.2 Å². The highest BCUT2D eigenvalue weighted by molar-refractivity contribution is 5.95. The van der Waals surface area contributed by atoms with Crippen molar-refractivity contribution in [2.24, 2.45) is 0 Å². The number of hydrogen-bond donors (Lipinski definition) is 1. The Kier molecular flexibility index (Phi) is 5.28. The Morgan fingerprint density at radius 3 is 2.62 bits per heavy atom. The third kappa shape index (κ3) is 3.98. The van der Waals surface area contributed by atoms with Crippen molar-refractivity contribution in [1.29, 1.82) is 5.26 Å². The van der Waals surface area contributed by atoms with E-state index < -0.39 is 0 Å². The molecule has 1 aliphatic rings. The zero-order chi connectivity index (χ0) is 20.4. The van der Waals surface area contributed by atoms with Crippen molar-refractivity contribution in [3.8, 4) is 6.07 Å². The summed E-state index contributed by atoms with van der Waals surface area (Å²) in [6, 6.07) is 9.09. The van der Waals surface area contributed by atoms with Gasteiger partial charge >= 0.3 is 0 Å². The molecule has 0 spiro atoms. The summed E-state index contributed by atoms with van der Waals surface area (Å²) in [6.45, 7) is 6.32. The molecule has 4 rings (SSSR count). The Labute approximate surface area is 169 Å². The van der Waals surface area contributed by atoms with Gasteiger partial charge in [-0.25, -0.2) is 9.37 Å². The second kappa shape index (κ2) is 8.02. The van der Waals surface area contributed by atoms with E-state index in [1.54, 1.807) is 0 Å². The van der Waals surface area contributed by atoms with Crippen LogP contribution in [-0.2, 0) is 6.54 Å². The van der Waals surface area contributed by atoms with Crippen LogP contribution in [0.5, 0.6) is 0 Å². The second-order valence-corrected chi connectivity index (χ2v) is 7.45. The number of piperazine rings is 1. The van der Waals surface area contributed by atoms with Crippen LogP contribution in [0.1, 0.15) is 16.7 Å². The Bertz CT molecular complexity index is 1070. The average Bonchev–Trinajstić information content (AvgIpc) is 2.73. The number of likely N-dealkylation sites (N-methyl/N-ethyl adjacent to an activating group) is 1. The van der Waals surface area contributed by atoms with Crippen LogP contribution >= 0.6 is 0 Å². The van der Waals surface area contributed by atoms with Gasteiger partial charge in [0, 0.05) is 50.5 Å². The third-order valence-electron chi connectivity index (χ3n) is 5.35. The van der Waals surface area contributed by atoms with Gasteiger partial charge in [0.15, 0.2) is 0 Å². The van der Waals surface area contributed by atoms with Gasteiger partial charge in [-0.3, -0.25) is 4.98 Å². The van der Waals surface area contributed by atoms with E-state index >= 15 is 0 Å². The molecule has 2 aromatic heterocycles. The van der Waals surface area contributed by atoms with Crippen molar-refractivity contribution in [2.45, 2.75) is 13.5 Å². The Morgan fingerprint density at radius 1 is 1.14 bits per heavy atom. The fraction of sp³-hybridized carbons (Fsp3) is 0.318. The van der Waals surface area contributed by atoms with Gasteiger partial charge in [-0.15, -0.1) is 0 Å². The van der Waals surface area contributed by atoms with E-state index in [-0.39, 0.29) is 5.82 Å². The molecule has 148 valence electrons. The molecule has 1 N–H and O–H groups in total. The number of fused-ring (bicyclic) bond motifs is 1. The average molecular weight is 390 g/mol. The van der Waals surface area contributed by atoms with Crippen molar-refractivity contribution < 1.29 is 4.39 Å². The summed E-state index contributed by atoms with van der Waals surface area (Å²) in [4.78, 5) is 13.5. The van der Waals surface area contributed by atoms with Crippen LogP contribution in [0, 0.1) is 24.1 Å². The maximum absolute atomic E-state index is 14.0. The molecule has 3 heterocycles. The van der Waals surface area contributed by atoms with Crippen molar-refractivity contribution >= 4 is 22.4 Å². The molecule has 1 aliphatic heterocycles. The SMILES string of the molecule is Cc1cc(F)cc2c(NCc3ccc(N4CCN(C)CC4)nc3)c(C#N)cnc12. The molecule has 0 amide bonds. The number of anilines is 2. The number of aromatic nitrogens is 2. The predicted molar refractivity (Wildman–Crippen MR) is 112 cm³/mol. The number of nitriles is 1. The Balaban J connectivity index is 1.54. The highest BCUT2D eigenvalue weighted by atomic mass is 19.1. The molecule has 0 unspecified atom stereocenters. The van der Waals surface area contributed by atoms with Gasteiger partial charge in [0.05, 0.1) is 16.8 Å². The molecular formula is C22H23FN6. The number of benzene rings is 1. The molecular weight excluding hydrogens is 367 g/mol. The van der Waals surface area contributed by atoms with Gasteiger partial charge in [0.2, 0.25) is 0 Å². The zero-order valence-corrected chi connectivity index (χ0v) is 16.6. The van der Waals surface area contributed by atoms with Crippen molar-refractivity contribution in [2.75, 3.05) is 43.4 Å². The zero-order valence-electron chi connectivity index (χ0n) is 16.6. The minimum Gasteiger partial charge on any atom is -0.379 e. The second-order valence-electron chi connectivity index (χ2n) is 7.45. The molecule has 0 aliphatic carbocycles. The first-order valence-corrected chi connectivity index (χ1v) is 9.66. The van der Waals surface area contributed by atoms with Crippen LogP contribution in [0.25, 0.3) is 10.9 Å². The number of halogens is 1. The summed E-state index contributed by atoms with van der Waals surface area (Å²) >= 11 is 0. The molecule has 1 aromatic carbocycles. The number of nitrogens with one attached hydrogen (secondary N) is 1. The van der Waals surface area contributed by atoms with E-state index in [4.69, 9.17) is 0 Å². The lowest BCUT2D eigenvalue weighted by atomic mass is 10.1. The maximum Gasteiger partial charge on any atom is 0.128 e. The van der Waals surface area contributed by atoms with E-state index in [9.17, 15) is 9.65 Å². The largest absolute Gasteiger partial charge is 0.379 e. The van der Waals surface area contributed by atoms with Gasteiger partial charge in [-0.05, 0) is 43.3 Å². The van der Waals surface area contributed by atoms with Crippen LogP contribution in [0.3, 0.4) is 0 Å². The molecule has 7 heteroatoms. The summed E-state index contributed by atoms with van der Waals surface area (Å²) in [5.74, 6) is 0.639. The van der Waals surface area contributed by atoms with Gasteiger partial charge in [0.1, 0.15) is 17.7 Å². The molecule has 29 heavy (non-hydrogen) atoms. The number of rotatable bonds is 4. The van der Waals surface area contributed by atoms with Gasteiger partial charge in [0.25, 0.3) is 0 Å². The molecule has 0 atom stereocenters. The summed E-state index contributed by atoms with van der Waals surface area (Å²) in [5, 5.41) is 13.4. The summed E-state index contributed by atoms with van der Waals surface area (Å²) in [5.41, 5.74) is 3.42. The highest BCUT2D eigenvalue weighted by Gasteiger charge is 2.15. The third-order valence-corrected chi connectivity index (χ3v) is 5.35. The van der Waals surface area contributed by atoms with Crippen LogP contribution in [0.2, 0.25) is 0 Å². The van der Waals surface area contributed by atoms with E-state index in [2.05, 4.69) is 38.2 Å². The summed E-state index contributed by atoms with van der Waals surface area (Å²) < 4.78 is 14.0. The van der Waals surface area contributed by atoms with Crippen molar-refractivity contribution in [3.63, 3.8) is 0 Å². The van der Waals surface area contributed by atoms with E-state index in [1.165, 1.54) is 18.3 Å². The maximum atomic E-state index is 14.0. The van der Waals surface area contributed by atoms with Gasteiger partial charge in [-0.1, -0.05) is 6.07 Å². The first-order valence-electron chi connectivity index (χ1n) is 9.66. The van der Waals surface area contributed by atoms with E-state index in [1.807, 2.05) is 25.3 Å². The van der Waals surface area contributed by atoms with E-state index in [0.717, 1.165) is 43.1 Å². The Hall–Kier alpha value is -3.24. The van der Waals surface area contributed by atoms with Crippen LogP contribution in [0.15, 0.2) is 36.7 Å². The predicted octanol–water partition coefficient (Wildman–Crippen LogP) is 3.31. The minimum atomic E-state index is -0.340. The molecule has 0 saturated carbocycles. The lowest BCUT2D eigenvalue weighted by Gasteiger charge is -2.33. The fourth-order valence-electron chi connectivity index (χ4n) is 3.65. The molecule has 1 saturated heterocycles. The lowest BCUT2D eigenvalue weighted by Crippen LogP contribution is -2.44. The Morgan fingerprint density at radius 2 is 1.93 bits per heavy atom. The first-order chi connectivity index (χ1) is 14.0. The van der Waals surface area contributed by atoms with Crippen molar-refractivity contribution in [1.82, 2.24) is 14.9 Å². The quantitative estimate of drug-likeness (QED) is 0.737. The molecule has 0 bridgehead atoms. The molecule has 6 nitrogen and oxygen atoms in total. The topological polar surface area (TPSA) is 68.1 Å². The van der Waals surface area contributed by atoms with Gasteiger partial charge in [-0.2, -0.15) is 5.26 Å². The summed E-state index contributed by atoms with van der Waals surface area (Å²) in [7, 11) is 2.13. The van der Waals surface area contributed by atoms with Gasteiger partial charge < -0.3 is 15.1 Å². The smallest absolute Gasteiger partial charge is 0.128 e.